The van der Waals surface area contributed by atoms with Crippen molar-refractivity contribution < 1.29 is 22.7 Å². The van der Waals surface area contributed by atoms with E-state index in [9.17, 15) is 18.0 Å². The molecule has 1 aliphatic carbocycles. The van der Waals surface area contributed by atoms with Gasteiger partial charge in [-0.3, -0.25) is 9.59 Å². The highest BCUT2D eigenvalue weighted by atomic mass is 35.5. The summed E-state index contributed by atoms with van der Waals surface area (Å²) >= 11 is 5.83. The van der Waals surface area contributed by atoms with Gasteiger partial charge < -0.3 is 15.4 Å². The first-order valence-electron chi connectivity index (χ1n) is 9.35. The van der Waals surface area contributed by atoms with E-state index in [1.807, 2.05) is 0 Å². The standard InChI is InChI=1S/C18H24ClN3O5S/c19-13-6-8-15(9-7-13)28(25,26)22-10-3-11-27-16(22)12-20-17(23)18(24)21-14-4-1-2-5-14/h6-9,14,16H,1-5,10-12H2,(H,20,23)(H,21,24)/t16-/m0/s1. The van der Waals surface area contributed by atoms with Crippen LogP contribution in [0.3, 0.4) is 0 Å². The fourth-order valence-electron chi connectivity index (χ4n) is 3.43. The number of nitrogens with one attached hydrogen (secondary N) is 2. The van der Waals surface area contributed by atoms with Gasteiger partial charge in [-0.2, -0.15) is 4.31 Å². The van der Waals surface area contributed by atoms with Crippen LogP contribution in [-0.2, 0) is 24.3 Å². The molecular weight excluding hydrogens is 406 g/mol. The fourth-order valence-corrected chi connectivity index (χ4v) is 5.12. The third kappa shape index (κ3) is 5.02. The van der Waals surface area contributed by atoms with Crippen molar-refractivity contribution in [2.75, 3.05) is 19.7 Å². The minimum atomic E-state index is -3.82. The monoisotopic (exact) mass is 429 g/mol. The molecule has 0 spiro atoms. The highest BCUT2D eigenvalue weighted by Crippen LogP contribution is 2.23. The smallest absolute Gasteiger partial charge is 0.309 e. The molecule has 2 aliphatic rings. The lowest BCUT2D eigenvalue weighted by atomic mass is 10.2. The number of carbonyl (C=O) groups is 2. The van der Waals surface area contributed by atoms with Crippen LogP contribution in [0.1, 0.15) is 32.1 Å². The molecule has 0 aromatic heterocycles. The molecule has 1 saturated heterocycles. The Morgan fingerprint density at radius 3 is 2.46 bits per heavy atom. The van der Waals surface area contributed by atoms with Gasteiger partial charge in [0.05, 0.1) is 18.0 Å². The number of hydrogen-bond donors (Lipinski definition) is 2. The Hall–Kier alpha value is -1.68. The Balaban J connectivity index is 1.62. The van der Waals surface area contributed by atoms with Crippen LogP contribution in [0.2, 0.25) is 5.02 Å². The van der Waals surface area contributed by atoms with Gasteiger partial charge in [-0.25, -0.2) is 8.42 Å². The van der Waals surface area contributed by atoms with E-state index in [1.54, 1.807) is 0 Å². The third-order valence-electron chi connectivity index (χ3n) is 4.91. The van der Waals surface area contributed by atoms with Gasteiger partial charge in [0.2, 0.25) is 10.0 Å². The van der Waals surface area contributed by atoms with Crippen molar-refractivity contribution in [3.05, 3.63) is 29.3 Å². The number of sulfonamides is 1. The topological polar surface area (TPSA) is 105 Å². The van der Waals surface area contributed by atoms with Gasteiger partial charge in [0, 0.05) is 17.6 Å². The fraction of sp³-hybridized carbons (Fsp3) is 0.556. The lowest BCUT2D eigenvalue weighted by Crippen LogP contribution is -2.53. The summed E-state index contributed by atoms with van der Waals surface area (Å²) < 4.78 is 32.6. The maximum Gasteiger partial charge on any atom is 0.309 e. The summed E-state index contributed by atoms with van der Waals surface area (Å²) in [5, 5.41) is 5.62. The average Bonchev–Trinajstić information content (AvgIpc) is 3.19. The van der Waals surface area contributed by atoms with E-state index < -0.39 is 28.1 Å². The molecular formula is C18H24ClN3O5S. The number of amides is 2. The SMILES string of the molecule is O=C(NC[C@@H]1OCCCN1S(=O)(=O)c1ccc(Cl)cc1)C(=O)NC1CCCC1. The number of nitrogens with zero attached hydrogens (tertiary/aromatic N) is 1. The molecule has 0 unspecified atom stereocenters. The lowest BCUT2D eigenvalue weighted by Gasteiger charge is -2.34. The molecule has 1 saturated carbocycles. The Bertz CT molecular complexity index is 809. The van der Waals surface area contributed by atoms with Crippen LogP contribution in [0.4, 0.5) is 0 Å². The highest BCUT2D eigenvalue weighted by Gasteiger charge is 2.35. The number of ether oxygens (including phenoxy) is 1. The molecule has 1 heterocycles. The summed E-state index contributed by atoms with van der Waals surface area (Å²) in [4.78, 5) is 24.2. The molecule has 2 fully saturated rings. The van der Waals surface area contributed by atoms with Crippen LogP contribution < -0.4 is 10.6 Å². The molecule has 2 amide bonds. The van der Waals surface area contributed by atoms with E-state index in [0.29, 0.717) is 18.1 Å². The summed E-state index contributed by atoms with van der Waals surface area (Å²) in [5.74, 6) is -1.49. The molecule has 154 valence electrons. The van der Waals surface area contributed by atoms with Crippen molar-refractivity contribution in [1.82, 2.24) is 14.9 Å². The summed E-state index contributed by atoms with van der Waals surface area (Å²) in [6.45, 7) is 0.533. The van der Waals surface area contributed by atoms with E-state index in [0.717, 1.165) is 25.7 Å². The zero-order valence-corrected chi connectivity index (χ0v) is 17.0. The van der Waals surface area contributed by atoms with Crippen molar-refractivity contribution in [2.45, 2.75) is 49.3 Å². The zero-order valence-electron chi connectivity index (χ0n) is 15.4. The Labute approximate surface area is 169 Å². The van der Waals surface area contributed by atoms with Crippen LogP contribution >= 0.6 is 11.6 Å². The molecule has 1 atom stereocenters. The van der Waals surface area contributed by atoms with Crippen molar-refractivity contribution >= 4 is 33.4 Å². The predicted molar refractivity (Wildman–Crippen MR) is 103 cm³/mol. The van der Waals surface area contributed by atoms with Crippen molar-refractivity contribution in [2.24, 2.45) is 0 Å². The average molecular weight is 430 g/mol. The summed E-state index contributed by atoms with van der Waals surface area (Å²) in [6, 6.07) is 5.90. The van der Waals surface area contributed by atoms with Crippen molar-refractivity contribution in [3.8, 4) is 0 Å². The van der Waals surface area contributed by atoms with E-state index in [2.05, 4.69) is 10.6 Å². The summed E-state index contributed by atoms with van der Waals surface area (Å²) in [5.41, 5.74) is 0. The van der Waals surface area contributed by atoms with Gasteiger partial charge in [-0.1, -0.05) is 24.4 Å². The first kappa shape index (κ1) is 21.0. The first-order valence-corrected chi connectivity index (χ1v) is 11.2. The number of benzene rings is 1. The van der Waals surface area contributed by atoms with Crippen LogP contribution in [0.5, 0.6) is 0 Å². The van der Waals surface area contributed by atoms with E-state index in [-0.39, 0.29) is 24.0 Å². The molecule has 2 N–H and O–H groups in total. The molecule has 28 heavy (non-hydrogen) atoms. The minimum Gasteiger partial charge on any atom is -0.360 e. The Kier molecular flexibility index (Phi) is 6.92. The molecule has 3 rings (SSSR count). The quantitative estimate of drug-likeness (QED) is 0.685. The van der Waals surface area contributed by atoms with Crippen molar-refractivity contribution in [3.63, 3.8) is 0 Å². The number of halogens is 1. The second-order valence-electron chi connectivity index (χ2n) is 6.91. The normalized spacial score (nSPS) is 21.4. The van der Waals surface area contributed by atoms with Crippen LogP contribution in [-0.4, -0.2) is 56.5 Å². The summed E-state index contributed by atoms with van der Waals surface area (Å²) in [6.07, 6.45) is 3.49. The Morgan fingerprint density at radius 2 is 1.79 bits per heavy atom. The van der Waals surface area contributed by atoms with Gasteiger partial charge in [-0.15, -0.1) is 0 Å². The largest absolute Gasteiger partial charge is 0.360 e. The number of rotatable bonds is 5. The molecule has 0 radical (unpaired) electrons. The number of carbonyl (C=O) groups excluding carboxylic acids is 2. The van der Waals surface area contributed by atoms with Gasteiger partial charge in [0.1, 0.15) is 6.23 Å². The van der Waals surface area contributed by atoms with Gasteiger partial charge >= 0.3 is 11.8 Å². The van der Waals surface area contributed by atoms with Crippen LogP contribution in [0.25, 0.3) is 0 Å². The van der Waals surface area contributed by atoms with Gasteiger partial charge in [0.25, 0.3) is 0 Å². The molecule has 1 aromatic rings. The second kappa shape index (κ2) is 9.21. The maximum absolute atomic E-state index is 12.9. The van der Waals surface area contributed by atoms with Crippen LogP contribution in [0.15, 0.2) is 29.2 Å². The lowest BCUT2D eigenvalue weighted by molar-refractivity contribution is -0.140. The molecule has 8 nitrogen and oxygen atoms in total. The van der Waals surface area contributed by atoms with Crippen LogP contribution in [0, 0.1) is 0 Å². The zero-order chi connectivity index (χ0) is 20.1. The van der Waals surface area contributed by atoms with E-state index >= 15 is 0 Å². The molecule has 1 aliphatic heterocycles. The minimum absolute atomic E-state index is 0.0333. The Morgan fingerprint density at radius 1 is 1.11 bits per heavy atom. The second-order valence-corrected chi connectivity index (χ2v) is 9.24. The van der Waals surface area contributed by atoms with Crippen molar-refractivity contribution in [1.29, 1.82) is 0 Å². The predicted octanol–water partition coefficient (Wildman–Crippen LogP) is 1.25. The number of hydrogen-bond acceptors (Lipinski definition) is 5. The highest BCUT2D eigenvalue weighted by molar-refractivity contribution is 7.89. The molecule has 1 aromatic carbocycles. The third-order valence-corrected chi connectivity index (χ3v) is 7.06. The summed E-state index contributed by atoms with van der Waals surface area (Å²) in [7, 11) is -3.82. The molecule has 10 heteroatoms. The first-order chi connectivity index (χ1) is 13.4. The van der Waals surface area contributed by atoms with E-state index in [4.69, 9.17) is 16.3 Å². The maximum atomic E-state index is 12.9. The van der Waals surface area contributed by atoms with Gasteiger partial charge in [-0.05, 0) is 43.5 Å². The molecule has 0 bridgehead atoms. The van der Waals surface area contributed by atoms with E-state index in [1.165, 1.54) is 28.6 Å². The van der Waals surface area contributed by atoms with Gasteiger partial charge in [0.15, 0.2) is 0 Å².